The maximum atomic E-state index is 4.83. The van der Waals surface area contributed by atoms with Crippen LogP contribution in [0.3, 0.4) is 0 Å². The molecule has 10 heavy (non-hydrogen) atoms. The summed E-state index contributed by atoms with van der Waals surface area (Å²) in [6.07, 6.45) is 0. The molecule has 0 aliphatic rings. The summed E-state index contributed by atoms with van der Waals surface area (Å²) in [4.78, 5) is 0. The summed E-state index contributed by atoms with van der Waals surface area (Å²) in [5.41, 5.74) is 1.81. The first-order valence-corrected chi connectivity index (χ1v) is 2.98. The minimum Gasteiger partial charge on any atom is -0.334 e. The smallest absolute Gasteiger partial charge is 0.271 e. The van der Waals surface area contributed by atoms with Crippen molar-refractivity contribution in [1.29, 1.82) is 0 Å². The zero-order valence-electron chi connectivity index (χ0n) is 6.25. The quantitative estimate of drug-likeness (QED) is 0.559. The fraction of sp³-hybridized carbons (Fsp3) is 0.500. The molecule has 0 atom stereocenters. The molecule has 1 aromatic rings. The van der Waals surface area contributed by atoms with Crippen molar-refractivity contribution in [3.05, 3.63) is 11.3 Å². The van der Waals surface area contributed by atoms with Crippen molar-refractivity contribution in [3.8, 4) is 0 Å². The number of nitrogens with zero attached hydrogens (tertiary/aromatic N) is 3. The van der Waals surface area contributed by atoms with E-state index in [0.29, 0.717) is 5.88 Å². The third-order valence-electron chi connectivity index (χ3n) is 1.32. The minimum atomic E-state index is 0.500. The third-order valence-corrected chi connectivity index (χ3v) is 1.32. The van der Waals surface area contributed by atoms with Crippen molar-refractivity contribution in [3.63, 3.8) is 0 Å². The van der Waals surface area contributed by atoms with Crippen molar-refractivity contribution < 1.29 is 4.52 Å². The first-order chi connectivity index (χ1) is 4.75. The fourth-order valence-corrected chi connectivity index (χ4v) is 0.587. The summed E-state index contributed by atoms with van der Waals surface area (Å²) in [6.45, 7) is 3.77. The topological polar surface area (TPSA) is 50.8 Å². The molecule has 0 aliphatic carbocycles. The van der Waals surface area contributed by atoms with Gasteiger partial charge in [0, 0.05) is 12.6 Å². The van der Waals surface area contributed by atoms with E-state index in [1.165, 1.54) is 0 Å². The predicted molar refractivity (Wildman–Crippen MR) is 36.4 cm³/mol. The van der Waals surface area contributed by atoms with Crippen molar-refractivity contribution in [2.24, 2.45) is 10.2 Å². The van der Waals surface area contributed by atoms with Crippen molar-refractivity contribution >= 4 is 5.88 Å². The Morgan fingerprint density at radius 2 is 2.10 bits per heavy atom. The van der Waals surface area contributed by atoms with Gasteiger partial charge < -0.3 is 4.52 Å². The monoisotopic (exact) mass is 139 g/mol. The van der Waals surface area contributed by atoms with Crippen molar-refractivity contribution in [1.82, 2.24) is 5.16 Å². The Morgan fingerprint density at radius 1 is 1.40 bits per heavy atom. The number of hydrogen-bond acceptors (Lipinski definition) is 4. The highest BCUT2D eigenvalue weighted by Gasteiger charge is 2.05. The van der Waals surface area contributed by atoms with Crippen LogP contribution in [-0.2, 0) is 0 Å². The lowest BCUT2D eigenvalue weighted by Gasteiger charge is -1.82. The molecule has 0 bridgehead atoms. The van der Waals surface area contributed by atoms with E-state index in [2.05, 4.69) is 15.4 Å². The van der Waals surface area contributed by atoms with Crippen LogP contribution in [0.15, 0.2) is 14.8 Å². The Hall–Kier alpha value is -1.19. The predicted octanol–water partition coefficient (Wildman–Crippen LogP) is 2.00. The maximum absolute atomic E-state index is 4.83. The molecule has 54 valence electrons. The van der Waals surface area contributed by atoms with E-state index < -0.39 is 0 Å². The molecule has 0 spiro atoms. The lowest BCUT2D eigenvalue weighted by molar-refractivity contribution is 0.422. The van der Waals surface area contributed by atoms with Crippen molar-refractivity contribution in [2.45, 2.75) is 13.8 Å². The minimum absolute atomic E-state index is 0.500. The van der Waals surface area contributed by atoms with Gasteiger partial charge in [-0.15, -0.1) is 5.11 Å². The number of rotatable bonds is 1. The molecule has 0 N–H and O–H groups in total. The summed E-state index contributed by atoms with van der Waals surface area (Å²) < 4.78 is 4.83. The van der Waals surface area contributed by atoms with Crippen LogP contribution in [0.2, 0.25) is 0 Å². The van der Waals surface area contributed by atoms with Gasteiger partial charge >= 0.3 is 0 Å². The van der Waals surface area contributed by atoms with Gasteiger partial charge in [0.15, 0.2) is 0 Å². The van der Waals surface area contributed by atoms with Crippen LogP contribution in [0, 0.1) is 13.8 Å². The summed E-state index contributed by atoms with van der Waals surface area (Å²) in [7, 11) is 1.59. The van der Waals surface area contributed by atoms with Gasteiger partial charge in [0.05, 0.1) is 5.69 Å². The molecule has 1 heterocycles. The molecule has 0 radical (unpaired) electrons. The molecule has 0 aromatic carbocycles. The highest BCUT2D eigenvalue weighted by Crippen LogP contribution is 2.20. The van der Waals surface area contributed by atoms with Gasteiger partial charge in [-0.2, -0.15) is 5.11 Å². The third kappa shape index (κ3) is 1.05. The Labute approximate surface area is 58.9 Å². The molecular formula is C6H9N3O. The van der Waals surface area contributed by atoms with Gasteiger partial charge in [0.25, 0.3) is 5.88 Å². The first-order valence-electron chi connectivity index (χ1n) is 2.98. The number of aryl methyl sites for hydroxylation is 1. The lowest BCUT2D eigenvalue weighted by Crippen LogP contribution is -1.70. The molecule has 1 rings (SSSR count). The SMILES string of the molecule is CN=Nc1onc(C)c1C. The average molecular weight is 139 g/mol. The van der Waals surface area contributed by atoms with E-state index in [9.17, 15) is 0 Å². The molecule has 4 heteroatoms. The van der Waals surface area contributed by atoms with E-state index >= 15 is 0 Å². The Bertz CT molecular complexity index is 251. The highest BCUT2D eigenvalue weighted by atomic mass is 16.5. The molecule has 0 saturated carbocycles. The number of azo groups is 1. The molecular weight excluding hydrogens is 130 g/mol. The molecule has 1 aromatic heterocycles. The first kappa shape index (κ1) is 6.92. The molecule has 0 fully saturated rings. The van der Waals surface area contributed by atoms with Crippen LogP contribution in [0.25, 0.3) is 0 Å². The summed E-state index contributed by atoms with van der Waals surface area (Å²) >= 11 is 0. The maximum Gasteiger partial charge on any atom is 0.271 e. The molecule has 0 unspecified atom stereocenters. The van der Waals surface area contributed by atoms with Gasteiger partial charge in [0.2, 0.25) is 0 Å². The van der Waals surface area contributed by atoms with Gasteiger partial charge in [0.1, 0.15) is 0 Å². The van der Waals surface area contributed by atoms with Crippen LogP contribution in [0.4, 0.5) is 5.88 Å². The highest BCUT2D eigenvalue weighted by molar-refractivity contribution is 5.35. The summed E-state index contributed by atoms with van der Waals surface area (Å²) in [5, 5.41) is 11.0. The van der Waals surface area contributed by atoms with Gasteiger partial charge in [-0.25, -0.2) is 0 Å². The van der Waals surface area contributed by atoms with E-state index in [1.54, 1.807) is 7.05 Å². The number of aromatic nitrogens is 1. The normalized spacial score (nSPS) is 11.1. The van der Waals surface area contributed by atoms with E-state index in [4.69, 9.17) is 4.52 Å². The second kappa shape index (κ2) is 2.60. The van der Waals surface area contributed by atoms with Crippen LogP contribution in [-0.4, -0.2) is 12.2 Å². The van der Waals surface area contributed by atoms with E-state index in [0.717, 1.165) is 11.3 Å². The summed E-state index contributed by atoms with van der Waals surface area (Å²) in [6, 6.07) is 0. The fourth-order valence-electron chi connectivity index (χ4n) is 0.587. The zero-order chi connectivity index (χ0) is 7.56. The second-order valence-electron chi connectivity index (χ2n) is 2.00. The van der Waals surface area contributed by atoms with Gasteiger partial charge in [-0.3, -0.25) is 0 Å². The van der Waals surface area contributed by atoms with Gasteiger partial charge in [-0.1, -0.05) is 5.16 Å². The van der Waals surface area contributed by atoms with Crippen LogP contribution >= 0.6 is 0 Å². The average Bonchev–Trinajstić information content (AvgIpc) is 2.20. The number of hydrogen-bond donors (Lipinski definition) is 0. The van der Waals surface area contributed by atoms with Crippen LogP contribution in [0.5, 0.6) is 0 Å². The van der Waals surface area contributed by atoms with E-state index in [-0.39, 0.29) is 0 Å². The molecule has 0 amide bonds. The zero-order valence-corrected chi connectivity index (χ0v) is 6.25. The van der Waals surface area contributed by atoms with Crippen LogP contribution in [0.1, 0.15) is 11.3 Å². The lowest BCUT2D eigenvalue weighted by atomic mass is 10.3. The van der Waals surface area contributed by atoms with E-state index in [1.807, 2.05) is 13.8 Å². The standard InChI is InChI=1S/C6H9N3O/c1-4-5(2)9-10-6(4)8-7-3/h1-3H3. The molecule has 4 nitrogen and oxygen atoms in total. The molecule has 0 aliphatic heterocycles. The Kier molecular flexibility index (Phi) is 1.80. The Balaban J connectivity index is 3.05. The molecule has 0 saturated heterocycles. The Morgan fingerprint density at radius 3 is 2.50 bits per heavy atom. The van der Waals surface area contributed by atoms with Gasteiger partial charge in [-0.05, 0) is 13.8 Å². The van der Waals surface area contributed by atoms with Crippen LogP contribution < -0.4 is 0 Å². The largest absolute Gasteiger partial charge is 0.334 e. The van der Waals surface area contributed by atoms with Crippen molar-refractivity contribution in [2.75, 3.05) is 7.05 Å². The summed E-state index contributed by atoms with van der Waals surface area (Å²) in [5.74, 6) is 0.500. The second-order valence-corrected chi connectivity index (χ2v) is 2.00.